The fourth-order valence-corrected chi connectivity index (χ4v) is 2.87. The number of nitrogens with one attached hydrogen (secondary N) is 1. The van der Waals surface area contributed by atoms with Crippen molar-refractivity contribution in [1.82, 2.24) is 10.2 Å². The average Bonchev–Trinajstić information content (AvgIpc) is 2.85. The molecule has 1 N–H and O–H groups in total. The predicted molar refractivity (Wildman–Crippen MR) is 78.4 cm³/mol. The molecule has 18 heavy (non-hydrogen) atoms. The van der Waals surface area contributed by atoms with Gasteiger partial charge in [-0.3, -0.25) is 4.90 Å². The summed E-state index contributed by atoms with van der Waals surface area (Å²) < 4.78 is 0. The Balaban J connectivity index is 1.77. The van der Waals surface area contributed by atoms with Crippen molar-refractivity contribution in [3.8, 4) is 0 Å². The second-order valence-corrected chi connectivity index (χ2v) is 5.80. The molecule has 4 heteroatoms. The van der Waals surface area contributed by atoms with E-state index in [1.807, 2.05) is 12.1 Å². The van der Waals surface area contributed by atoms with Crippen LogP contribution in [0.25, 0.3) is 0 Å². The fourth-order valence-electron chi connectivity index (χ4n) is 2.39. The second kappa shape index (κ2) is 6.76. The molecule has 0 amide bonds. The fraction of sp³-hybridized carbons (Fsp3) is 0.571. The number of nitrogens with zero attached hydrogens (tertiary/aromatic N) is 1. The van der Waals surface area contributed by atoms with Crippen molar-refractivity contribution in [2.45, 2.75) is 32.4 Å². The van der Waals surface area contributed by atoms with Crippen LogP contribution >= 0.6 is 23.2 Å². The van der Waals surface area contributed by atoms with Gasteiger partial charge in [0.25, 0.3) is 0 Å². The average molecular weight is 287 g/mol. The third kappa shape index (κ3) is 3.86. The summed E-state index contributed by atoms with van der Waals surface area (Å²) in [6.07, 6.45) is 2.68. The van der Waals surface area contributed by atoms with Crippen LogP contribution in [0.5, 0.6) is 0 Å². The third-order valence-electron chi connectivity index (χ3n) is 3.53. The molecule has 1 fully saturated rings. The van der Waals surface area contributed by atoms with Crippen LogP contribution in [0.3, 0.4) is 0 Å². The Hall–Kier alpha value is -0.280. The van der Waals surface area contributed by atoms with Gasteiger partial charge in [0.1, 0.15) is 0 Å². The van der Waals surface area contributed by atoms with Gasteiger partial charge in [0, 0.05) is 29.2 Å². The van der Waals surface area contributed by atoms with Crippen molar-refractivity contribution >= 4 is 23.2 Å². The Morgan fingerprint density at radius 3 is 2.67 bits per heavy atom. The highest BCUT2D eigenvalue weighted by Crippen LogP contribution is 2.20. The summed E-state index contributed by atoms with van der Waals surface area (Å²) in [6.45, 7) is 6.56. The van der Waals surface area contributed by atoms with Gasteiger partial charge in [-0.15, -0.1) is 0 Å². The van der Waals surface area contributed by atoms with Gasteiger partial charge >= 0.3 is 0 Å². The van der Waals surface area contributed by atoms with Crippen LogP contribution in [-0.4, -0.2) is 30.6 Å². The lowest BCUT2D eigenvalue weighted by atomic mass is 10.2. The molecule has 0 aliphatic carbocycles. The van der Waals surface area contributed by atoms with Gasteiger partial charge < -0.3 is 5.32 Å². The summed E-state index contributed by atoms with van der Waals surface area (Å²) in [7, 11) is 0. The molecule has 1 unspecified atom stereocenters. The molecule has 1 aliphatic rings. The molecule has 1 aromatic rings. The molecule has 1 aliphatic heterocycles. The monoisotopic (exact) mass is 286 g/mol. The summed E-state index contributed by atoms with van der Waals surface area (Å²) in [5.74, 6) is 0. The Labute approximate surface area is 119 Å². The highest BCUT2D eigenvalue weighted by Gasteiger charge is 2.17. The van der Waals surface area contributed by atoms with Gasteiger partial charge in [0.15, 0.2) is 0 Å². The predicted octanol–water partition coefficient (Wildman–Crippen LogP) is 3.57. The maximum Gasteiger partial charge on any atom is 0.0465 e. The van der Waals surface area contributed by atoms with Gasteiger partial charge in [-0.25, -0.2) is 0 Å². The largest absolute Gasteiger partial charge is 0.311 e. The summed E-state index contributed by atoms with van der Waals surface area (Å²) in [5.41, 5.74) is 1.11. The van der Waals surface area contributed by atoms with Crippen molar-refractivity contribution in [2.75, 3.05) is 19.6 Å². The van der Waals surface area contributed by atoms with Crippen LogP contribution < -0.4 is 5.32 Å². The first-order valence-corrected chi connectivity index (χ1v) is 7.31. The zero-order valence-electron chi connectivity index (χ0n) is 10.8. The topological polar surface area (TPSA) is 15.3 Å². The van der Waals surface area contributed by atoms with Gasteiger partial charge in [-0.05, 0) is 50.6 Å². The summed E-state index contributed by atoms with van der Waals surface area (Å²) in [5, 5.41) is 4.90. The van der Waals surface area contributed by atoms with E-state index in [4.69, 9.17) is 23.2 Å². The van der Waals surface area contributed by atoms with Crippen LogP contribution in [0.15, 0.2) is 18.2 Å². The molecule has 1 aromatic carbocycles. The van der Waals surface area contributed by atoms with Crippen molar-refractivity contribution < 1.29 is 0 Å². The van der Waals surface area contributed by atoms with Crippen molar-refractivity contribution in [2.24, 2.45) is 0 Å². The lowest BCUT2D eigenvalue weighted by Crippen LogP contribution is -2.38. The number of likely N-dealkylation sites (tertiary alicyclic amines) is 1. The maximum absolute atomic E-state index is 6.14. The van der Waals surface area contributed by atoms with E-state index >= 15 is 0 Å². The number of hydrogen-bond acceptors (Lipinski definition) is 2. The molecule has 100 valence electrons. The van der Waals surface area contributed by atoms with E-state index < -0.39 is 0 Å². The van der Waals surface area contributed by atoms with Gasteiger partial charge in [-0.1, -0.05) is 29.3 Å². The highest BCUT2D eigenvalue weighted by atomic mass is 35.5. The molecule has 2 rings (SSSR count). The van der Waals surface area contributed by atoms with E-state index in [0.717, 1.165) is 23.7 Å². The summed E-state index contributed by atoms with van der Waals surface area (Å²) in [6, 6.07) is 6.26. The Bertz CT molecular complexity index is 389. The first-order chi connectivity index (χ1) is 8.66. The lowest BCUT2D eigenvalue weighted by Gasteiger charge is -2.24. The SMILES string of the molecule is CC(CNCc1ccc(Cl)cc1Cl)N1CCCC1. The van der Waals surface area contributed by atoms with Gasteiger partial charge in [0.05, 0.1) is 0 Å². The standard InChI is InChI=1S/C14H20Cl2N2/c1-11(18-6-2-3-7-18)9-17-10-12-4-5-13(15)8-14(12)16/h4-5,8,11,17H,2-3,6-7,9-10H2,1H3. The number of rotatable bonds is 5. The molecule has 0 spiro atoms. The van der Waals surface area contributed by atoms with Crippen molar-refractivity contribution in [1.29, 1.82) is 0 Å². The normalized spacial score (nSPS) is 18.2. The molecule has 0 radical (unpaired) electrons. The Kier molecular flexibility index (Phi) is 5.31. The van der Waals surface area contributed by atoms with Gasteiger partial charge in [-0.2, -0.15) is 0 Å². The number of benzene rings is 1. The lowest BCUT2D eigenvalue weighted by molar-refractivity contribution is 0.251. The van der Waals surface area contributed by atoms with Crippen LogP contribution in [0.2, 0.25) is 10.0 Å². The van der Waals surface area contributed by atoms with Crippen LogP contribution in [0.4, 0.5) is 0 Å². The second-order valence-electron chi connectivity index (χ2n) is 4.96. The van der Waals surface area contributed by atoms with E-state index in [1.54, 1.807) is 6.07 Å². The van der Waals surface area contributed by atoms with E-state index in [-0.39, 0.29) is 0 Å². The molecule has 1 atom stereocenters. The van der Waals surface area contributed by atoms with Crippen LogP contribution in [0, 0.1) is 0 Å². The summed E-state index contributed by atoms with van der Waals surface area (Å²) in [4.78, 5) is 2.54. The number of hydrogen-bond donors (Lipinski definition) is 1. The molecule has 0 aromatic heterocycles. The molecular formula is C14H20Cl2N2. The van der Waals surface area contributed by atoms with E-state index in [2.05, 4.69) is 17.1 Å². The zero-order chi connectivity index (χ0) is 13.0. The molecule has 2 nitrogen and oxygen atoms in total. The van der Waals surface area contributed by atoms with Crippen molar-refractivity contribution in [3.05, 3.63) is 33.8 Å². The molecule has 1 heterocycles. The van der Waals surface area contributed by atoms with E-state index in [9.17, 15) is 0 Å². The zero-order valence-corrected chi connectivity index (χ0v) is 12.3. The van der Waals surface area contributed by atoms with Crippen molar-refractivity contribution in [3.63, 3.8) is 0 Å². The van der Waals surface area contributed by atoms with E-state index in [0.29, 0.717) is 11.1 Å². The first-order valence-electron chi connectivity index (χ1n) is 6.55. The Morgan fingerprint density at radius 1 is 1.28 bits per heavy atom. The number of halogens is 2. The minimum Gasteiger partial charge on any atom is -0.311 e. The minimum absolute atomic E-state index is 0.596. The molecule has 0 bridgehead atoms. The molecule has 0 saturated carbocycles. The Morgan fingerprint density at radius 2 is 2.00 bits per heavy atom. The summed E-state index contributed by atoms with van der Waals surface area (Å²) >= 11 is 12.0. The van der Waals surface area contributed by atoms with E-state index in [1.165, 1.54) is 25.9 Å². The molecular weight excluding hydrogens is 267 g/mol. The maximum atomic E-state index is 6.14. The van der Waals surface area contributed by atoms with Gasteiger partial charge in [0.2, 0.25) is 0 Å². The quantitative estimate of drug-likeness (QED) is 0.890. The third-order valence-corrected chi connectivity index (χ3v) is 4.12. The smallest absolute Gasteiger partial charge is 0.0465 e. The van der Waals surface area contributed by atoms with Crippen LogP contribution in [-0.2, 0) is 6.54 Å². The highest BCUT2D eigenvalue weighted by molar-refractivity contribution is 6.35. The van der Waals surface area contributed by atoms with Crippen LogP contribution in [0.1, 0.15) is 25.3 Å². The molecule has 1 saturated heterocycles. The first kappa shape index (κ1) is 14.1. The minimum atomic E-state index is 0.596.